The van der Waals surface area contributed by atoms with Crippen molar-refractivity contribution in [2.45, 2.75) is 285 Å². The molecule has 0 amide bonds. The Labute approximate surface area is 417 Å². The second-order valence-electron chi connectivity index (χ2n) is 22.2. The first-order valence-electron chi connectivity index (χ1n) is 28.7. The molecule has 0 saturated carbocycles. The van der Waals surface area contributed by atoms with Gasteiger partial charge in [0.25, 0.3) is 0 Å². The molecule has 0 aromatic carbocycles. The summed E-state index contributed by atoms with van der Waals surface area (Å²) in [6.07, 6.45) is 36.2. The standard InChI is InChI=1S/C57H114N2O7Si/c1-11-13-15-17-23-30-39-53(40-31-24-18-16-14-12-2)66-56(62)42-32-25-21-26-34-45-59(46-35-28-33-41-54(60)63-49-36-27-20-19-22-29-38-52(3)4)48-50-64-55(61)43-37-44-58(8)47-51-65-67(9,10)57(5,6)7/h52-53H,11-51H2,1-10H3. The van der Waals surface area contributed by atoms with Gasteiger partial charge in [0.15, 0.2) is 8.32 Å². The van der Waals surface area contributed by atoms with Crippen LogP contribution in [-0.4, -0.2) is 102 Å². The van der Waals surface area contributed by atoms with Crippen molar-refractivity contribution in [2.24, 2.45) is 5.92 Å². The Morgan fingerprint density at radius 3 is 1.43 bits per heavy atom. The summed E-state index contributed by atoms with van der Waals surface area (Å²) < 4.78 is 23.7. The van der Waals surface area contributed by atoms with Gasteiger partial charge in [-0.05, 0) is 115 Å². The molecule has 0 aromatic heterocycles. The van der Waals surface area contributed by atoms with E-state index in [1.165, 1.54) is 96.3 Å². The lowest BCUT2D eigenvalue weighted by Gasteiger charge is -2.36. The van der Waals surface area contributed by atoms with Gasteiger partial charge in [0.05, 0.1) is 6.61 Å². The maximum Gasteiger partial charge on any atom is 0.306 e. The van der Waals surface area contributed by atoms with Gasteiger partial charge < -0.3 is 23.5 Å². The zero-order valence-corrected chi connectivity index (χ0v) is 47.4. The number of ether oxygens (including phenoxy) is 3. The summed E-state index contributed by atoms with van der Waals surface area (Å²) in [5.74, 6) is 0.594. The Kier molecular flexibility index (Phi) is 43.5. The highest BCUT2D eigenvalue weighted by molar-refractivity contribution is 6.74. The highest BCUT2D eigenvalue weighted by Crippen LogP contribution is 2.36. The highest BCUT2D eigenvalue weighted by Gasteiger charge is 2.37. The third-order valence-electron chi connectivity index (χ3n) is 14.0. The molecule has 67 heavy (non-hydrogen) atoms. The van der Waals surface area contributed by atoms with Crippen LogP contribution in [0.1, 0.15) is 260 Å². The molecule has 0 fully saturated rings. The van der Waals surface area contributed by atoms with Crippen LogP contribution in [0.2, 0.25) is 18.1 Å². The number of likely N-dealkylation sites (N-methyl/N-ethyl adjacent to an activating group) is 1. The van der Waals surface area contributed by atoms with Crippen LogP contribution in [0.4, 0.5) is 0 Å². The van der Waals surface area contributed by atoms with E-state index in [1.54, 1.807) is 0 Å². The zero-order chi connectivity index (χ0) is 49.9. The minimum absolute atomic E-state index is 0.00656. The van der Waals surface area contributed by atoms with Gasteiger partial charge in [-0.3, -0.25) is 19.3 Å². The van der Waals surface area contributed by atoms with Crippen LogP contribution in [0.15, 0.2) is 0 Å². The van der Waals surface area contributed by atoms with E-state index in [1.807, 2.05) is 0 Å². The normalized spacial score (nSPS) is 12.3. The van der Waals surface area contributed by atoms with E-state index >= 15 is 0 Å². The smallest absolute Gasteiger partial charge is 0.306 e. The molecule has 0 atom stereocenters. The summed E-state index contributed by atoms with van der Waals surface area (Å²) in [6.45, 7) is 26.5. The van der Waals surface area contributed by atoms with Crippen LogP contribution >= 0.6 is 0 Å². The van der Waals surface area contributed by atoms with Gasteiger partial charge in [-0.1, -0.05) is 177 Å². The van der Waals surface area contributed by atoms with Crippen LogP contribution in [0.3, 0.4) is 0 Å². The summed E-state index contributed by atoms with van der Waals surface area (Å²) in [5, 5.41) is 0.202. The molecule has 0 aromatic rings. The average Bonchev–Trinajstić information content (AvgIpc) is 3.26. The van der Waals surface area contributed by atoms with Crippen LogP contribution in [0, 0.1) is 5.92 Å². The van der Waals surface area contributed by atoms with Crippen molar-refractivity contribution in [2.75, 3.05) is 59.6 Å². The molecule has 0 aliphatic heterocycles. The van der Waals surface area contributed by atoms with Gasteiger partial charge in [-0.2, -0.15) is 0 Å². The van der Waals surface area contributed by atoms with Crippen molar-refractivity contribution in [1.82, 2.24) is 9.80 Å². The second-order valence-corrected chi connectivity index (χ2v) is 27.0. The number of unbranched alkanes of at least 4 members (excludes halogenated alkanes) is 21. The quantitative estimate of drug-likeness (QED) is 0.0256. The second kappa shape index (κ2) is 44.4. The van der Waals surface area contributed by atoms with Crippen LogP contribution in [-0.2, 0) is 33.0 Å². The monoisotopic (exact) mass is 967 g/mol. The molecular formula is C57H114N2O7Si. The molecule has 0 unspecified atom stereocenters. The number of nitrogens with zero attached hydrogens (tertiary/aromatic N) is 2. The van der Waals surface area contributed by atoms with Crippen LogP contribution in [0.5, 0.6) is 0 Å². The van der Waals surface area contributed by atoms with E-state index in [4.69, 9.17) is 18.6 Å². The van der Waals surface area contributed by atoms with Crippen LogP contribution in [0.25, 0.3) is 0 Å². The summed E-state index contributed by atoms with van der Waals surface area (Å²) >= 11 is 0. The first-order valence-corrected chi connectivity index (χ1v) is 31.6. The van der Waals surface area contributed by atoms with Crippen molar-refractivity contribution >= 4 is 26.2 Å². The Bertz CT molecular complexity index is 1130. The number of carbonyl (C=O) groups excluding carboxylic acids is 3. The molecule has 0 saturated heterocycles. The van der Waals surface area contributed by atoms with Crippen molar-refractivity contribution in [3.63, 3.8) is 0 Å². The number of carbonyl (C=O) groups is 3. The Hall–Kier alpha value is -1.49. The van der Waals surface area contributed by atoms with Gasteiger partial charge in [0.1, 0.15) is 12.7 Å². The van der Waals surface area contributed by atoms with E-state index in [0.717, 1.165) is 142 Å². The topological polar surface area (TPSA) is 94.6 Å². The fourth-order valence-corrected chi connectivity index (χ4v) is 9.36. The van der Waals surface area contributed by atoms with Gasteiger partial charge in [0.2, 0.25) is 0 Å². The third kappa shape index (κ3) is 43.1. The molecule has 0 aliphatic rings. The Morgan fingerprint density at radius 1 is 0.463 bits per heavy atom. The largest absolute Gasteiger partial charge is 0.466 e. The predicted octanol–water partition coefficient (Wildman–Crippen LogP) is 15.8. The van der Waals surface area contributed by atoms with E-state index in [0.29, 0.717) is 32.5 Å². The third-order valence-corrected chi connectivity index (χ3v) is 18.6. The minimum Gasteiger partial charge on any atom is -0.466 e. The van der Waals surface area contributed by atoms with Crippen molar-refractivity contribution < 1.29 is 33.0 Å². The lowest BCUT2D eigenvalue weighted by Crippen LogP contribution is -2.42. The molecule has 9 nitrogen and oxygen atoms in total. The number of hydrogen-bond donors (Lipinski definition) is 0. The lowest BCUT2D eigenvalue weighted by atomic mass is 10.0. The van der Waals surface area contributed by atoms with Crippen LogP contribution < -0.4 is 0 Å². The Morgan fingerprint density at radius 2 is 0.896 bits per heavy atom. The molecule has 0 bridgehead atoms. The first kappa shape index (κ1) is 65.5. The SMILES string of the molecule is CCCCCCCCC(CCCCCCCC)OC(=O)CCCCCCCN(CCCCCC(=O)OCCCCCCCCC(C)C)CCOC(=O)CCCN(C)CCO[Si](C)(C)C(C)(C)C. The first-order chi connectivity index (χ1) is 32.1. The summed E-state index contributed by atoms with van der Waals surface area (Å²) in [5.41, 5.74) is 0. The van der Waals surface area contributed by atoms with Gasteiger partial charge in [0, 0.05) is 39.0 Å². The van der Waals surface area contributed by atoms with Crippen molar-refractivity contribution in [1.29, 1.82) is 0 Å². The van der Waals surface area contributed by atoms with Crippen molar-refractivity contribution in [3.8, 4) is 0 Å². The van der Waals surface area contributed by atoms with Crippen molar-refractivity contribution in [3.05, 3.63) is 0 Å². The van der Waals surface area contributed by atoms with E-state index in [-0.39, 0.29) is 29.1 Å². The molecule has 0 rings (SSSR count). The molecule has 0 radical (unpaired) electrons. The van der Waals surface area contributed by atoms with Gasteiger partial charge in [-0.15, -0.1) is 0 Å². The average molecular weight is 968 g/mol. The number of rotatable bonds is 49. The van der Waals surface area contributed by atoms with E-state index in [2.05, 4.69) is 78.4 Å². The summed E-state index contributed by atoms with van der Waals surface area (Å²) in [4.78, 5) is 42.7. The molecule has 0 spiro atoms. The molecule has 0 N–H and O–H groups in total. The Balaban J connectivity index is 4.73. The molecule has 0 aliphatic carbocycles. The van der Waals surface area contributed by atoms with E-state index < -0.39 is 8.32 Å². The zero-order valence-electron chi connectivity index (χ0n) is 46.4. The maximum atomic E-state index is 12.9. The molecule has 398 valence electrons. The summed E-state index contributed by atoms with van der Waals surface area (Å²) in [6, 6.07) is 0. The van der Waals surface area contributed by atoms with E-state index in [9.17, 15) is 14.4 Å². The molecular weight excluding hydrogens is 853 g/mol. The van der Waals surface area contributed by atoms with Gasteiger partial charge >= 0.3 is 17.9 Å². The molecule has 0 heterocycles. The van der Waals surface area contributed by atoms with Gasteiger partial charge in [-0.25, -0.2) is 0 Å². The highest BCUT2D eigenvalue weighted by atomic mass is 28.4. The lowest BCUT2D eigenvalue weighted by molar-refractivity contribution is -0.150. The maximum absolute atomic E-state index is 12.9. The summed E-state index contributed by atoms with van der Waals surface area (Å²) in [7, 11) is 0.342. The fourth-order valence-electron chi connectivity index (χ4n) is 8.32. The molecule has 10 heteroatoms. The fraction of sp³-hybridized carbons (Fsp3) is 0.947. The predicted molar refractivity (Wildman–Crippen MR) is 287 cm³/mol. The number of esters is 3. The minimum atomic E-state index is -1.75. The number of hydrogen-bond acceptors (Lipinski definition) is 9.